The van der Waals surface area contributed by atoms with Gasteiger partial charge < -0.3 is 10.4 Å². The molecule has 1 amide bonds. The normalized spacial score (nSPS) is 16.0. The molecule has 1 fully saturated rings. The Bertz CT molecular complexity index is 584. The molecule has 4 nitrogen and oxygen atoms in total. The Hall–Kier alpha value is -1.49. The fraction of sp³-hybridized carbons (Fsp3) is 0.636. The highest BCUT2D eigenvalue weighted by Crippen LogP contribution is 2.29. The number of hydrogen-bond donors (Lipinski definition) is 2. The second-order valence-corrected chi connectivity index (χ2v) is 8.75. The van der Waals surface area contributed by atoms with Crippen LogP contribution in [0.1, 0.15) is 66.2 Å². The zero-order valence-corrected chi connectivity index (χ0v) is 18.0. The summed E-state index contributed by atoms with van der Waals surface area (Å²) in [6, 6.07) is -0.789. The smallest absolute Gasteiger partial charge is 0.327 e. The first-order chi connectivity index (χ1) is 12.8. The first-order valence-corrected chi connectivity index (χ1v) is 11.0. The van der Waals surface area contributed by atoms with Gasteiger partial charge in [-0.05, 0) is 66.2 Å². The lowest BCUT2D eigenvalue weighted by molar-refractivity contribution is -0.141. The van der Waals surface area contributed by atoms with E-state index in [-0.39, 0.29) is 11.8 Å². The first kappa shape index (κ1) is 23.5. The van der Waals surface area contributed by atoms with E-state index in [1.54, 1.807) is 11.8 Å². The molecular formula is C22H35NO3S. The Morgan fingerprint density at radius 1 is 1.04 bits per heavy atom. The van der Waals surface area contributed by atoms with Crippen molar-refractivity contribution in [1.82, 2.24) is 5.32 Å². The lowest BCUT2D eigenvalue weighted by Crippen LogP contribution is -2.43. The number of carboxylic acid groups (broad SMARTS) is 1. The van der Waals surface area contributed by atoms with Crippen LogP contribution >= 0.6 is 11.8 Å². The Kier molecular flexibility index (Phi) is 11.2. The van der Waals surface area contributed by atoms with Crippen LogP contribution in [0.15, 0.2) is 34.9 Å². The second kappa shape index (κ2) is 12.8. The third-order valence-electron chi connectivity index (χ3n) is 4.52. The summed E-state index contributed by atoms with van der Waals surface area (Å²) in [6.07, 6.45) is 12.8. The molecule has 152 valence electrons. The van der Waals surface area contributed by atoms with Gasteiger partial charge in [-0.25, -0.2) is 4.79 Å². The predicted octanol–water partition coefficient (Wildman–Crippen LogP) is 5.12. The molecule has 0 radical (unpaired) electrons. The average Bonchev–Trinajstić information content (AvgIpc) is 3.42. The van der Waals surface area contributed by atoms with Gasteiger partial charge >= 0.3 is 5.97 Å². The predicted molar refractivity (Wildman–Crippen MR) is 115 cm³/mol. The maximum atomic E-state index is 11.7. The van der Waals surface area contributed by atoms with Gasteiger partial charge in [-0.15, -0.1) is 0 Å². The maximum Gasteiger partial charge on any atom is 0.327 e. The molecule has 1 atom stereocenters. The molecule has 0 aromatic rings. The van der Waals surface area contributed by atoms with Crippen molar-refractivity contribution in [3.63, 3.8) is 0 Å². The van der Waals surface area contributed by atoms with Gasteiger partial charge in [0.15, 0.2) is 0 Å². The van der Waals surface area contributed by atoms with Gasteiger partial charge in [0.05, 0.1) is 0 Å². The number of allylic oxidation sites excluding steroid dienone is 5. The Morgan fingerprint density at radius 2 is 1.63 bits per heavy atom. The number of carbonyl (C=O) groups is 2. The maximum absolute atomic E-state index is 11.7. The van der Waals surface area contributed by atoms with Crippen LogP contribution in [0, 0.1) is 5.92 Å². The molecule has 0 spiro atoms. The van der Waals surface area contributed by atoms with E-state index in [0.717, 1.165) is 44.3 Å². The van der Waals surface area contributed by atoms with E-state index in [0.29, 0.717) is 5.75 Å². The minimum absolute atomic E-state index is 0.0394. The quantitative estimate of drug-likeness (QED) is 0.337. The number of rotatable bonds is 13. The number of carboxylic acids is 1. The SMILES string of the molecule is CC(C)=CCCC(C)=CCCC(C)=CCSCC(NC(=O)C1CC1)C(=O)O. The highest BCUT2D eigenvalue weighted by Gasteiger charge is 2.32. The van der Waals surface area contributed by atoms with Crippen molar-refractivity contribution in [3.05, 3.63) is 34.9 Å². The second-order valence-electron chi connectivity index (χ2n) is 7.67. The summed E-state index contributed by atoms with van der Waals surface area (Å²) in [5.74, 6) is 0.156. The first-order valence-electron chi connectivity index (χ1n) is 9.85. The molecule has 5 heteroatoms. The molecule has 1 aliphatic carbocycles. The molecule has 0 heterocycles. The van der Waals surface area contributed by atoms with Crippen LogP contribution in [0.2, 0.25) is 0 Å². The van der Waals surface area contributed by atoms with Gasteiger partial charge in [-0.1, -0.05) is 34.9 Å². The third kappa shape index (κ3) is 11.8. The summed E-state index contributed by atoms with van der Waals surface area (Å²) in [5.41, 5.74) is 4.13. The molecule has 27 heavy (non-hydrogen) atoms. The van der Waals surface area contributed by atoms with E-state index in [1.807, 2.05) is 0 Å². The Balaban J connectivity index is 2.23. The van der Waals surface area contributed by atoms with E-state index in [4.69, 9.17) is 0 Å². The van der Waals surface area contributed by atoms with Crippen LogP contribution in [0.25, 0.3) is 0 Å². The molecule has 0 aromatic carbocycles. The van der Waals surface area contributed by atoms with Gasteiger partial charge in [0, 0.05) is 17.4 Å². The van der Waals surface area contributed by atoms with Gasteiger partial charge in [0.25, 0.3) is 0 Å². The van der Waals surface area contributed by atoms with Gasteiger partial charge in [0.1, 0.15) is 6.04 Å². The monoisotopic (exact) mass is 393 g/mol. The van der Waals surface area contributed by atoms with Crippen LogP contribution in [-0.4, -0.2) is 34.5 Å². The fourth-order valence-electron chi connectivity index (χ4n) is 2.54. The highest BCUT2D eigenvalue weighted by molar-refractivity contribution is 7.99. The fourth-order valence-corrected chi connectivity index (χ4v) is 3.54. The van der Waals surface area contributed by atoms with Crippen molar-refractivity contribution < 1.29 is 14.7 Å². The van der Waals surface area contributed by atoms with E-state index in [9.17, 15) is 14.7 Å². The molecule has 0 aliphatic heterocycles. The van der Waals surface area contributed by atoms with Crippen LogP contribution in [0.4, 0.5) is 0 Å². The van der Waals surface area contributed by atoms with Crippen LogP contribution in [0.3, 0.4) is 0 Å². The molecule has 2 N–H and O–H groups in total. The number of hydrogen-bond acceptors (Lipinski definition) is 3. The summed E-state index contributed by atoms with van der Waals surface area (Å²) in [7, 11) is 0. The van der Waals surface area contributed by atoms with E-state index >= 15 is 0 Å². The summed E-state index contributed by atoms with van der Waals surface area (Å²) >= 11 is 1.55. The van der Waals surface area contributed by atoms with E-state index in [2.05, 4.69) is 51.2 Å². The van der Waals surface area contributed by atoms with Crippen molar-refractivity contribution in [3.8, 4) is 0 Å². The summed E-state index contributed by atoms with van der Waals surface area (Å²) < 4.78 is 0. The van der Waals surface area contributed by atoms with Gasteiger partial charge in [-0.3, -0.25) is 4.79 Å². The average molecular weight is 394 g/mol. The zero-order chi connectivity index (χ0) is 20.2. The van der Waals surface area contributed by atoms with Crippen molar-refractivity contribution in [2.45, 2.75) is 72.3 Å². The number of amides is 1. The minimum Gasteiger partial charge on any atom is -0.480 e. The zero-order valence-electron chi connectivity index (χ0n) is 17.2. The number of carbonyl (C=O) groups excluding carboxylic acids is 1. The molecule has 1 rings (SSSR count). The molecule has 1 aliphatic rings. The van der Waals surface area contributed by atoms with Gasteiger partial charge in [0.2, 0.25) is 5.91 Å². The Labute approximate surface area is 168 Å². The van der Waals surface area contributed by atoms with Gasteiger partial charge in [-0.2, -0.15) is 11.8 Å². The topological polar surface area (TPSA) is 66.4 Å². The summed E-state index contributed by atoms with van der Waals surface area (Å²) in [6.45, 7) is 8.57. The molecular weight excluding hydrogens is 358 g/mol. The standard InChI is InChI=1S/C22H35NO3S/c1-16(2)7-5-8-17(3)9-6-10-18(4)13-14-27-15-20(22(25)26)23-21(24)19-11-12-19/h7,9,13,19-20H,5-6,8,10-12,14-15H2,1-4H3,(H,23,24)(H,25,26). The van der Waals surface area contributed by atoms with Crippen LogP contribution in [-0.2, 0) is 9.59 Å². The largest absolute Gasteiger partial charge is 0.480 e. The highest BCUT2D eigenvalue weighted by atomic mass is 32.2. The van der Waals surface area contributed by atoms with Crippen LogP contribution in [0.5, 0.6) is 0 Å². The van der Waals surface area contributed by atoms with Crippen molar-refractivity contribution in [2.24, 2.45) is 5.92 Å². The molecule has 1 unspecified atom stereocenters. The third-order valence-corrected chi connectivity index (χ3v) is 5.49. The lowest BCUT2D eigenvalue weighted by atomic mass is 10.1. The number of nitrogens with one attached hydrogen (secondary N) is 1. The Morgan fingerprint density at radius 3 is 2.19 bits per heavy atom. The molecule has 0 aromatic heterocycles. The lowest BCUT2D eigenvalue weighted by Gasteiger charge is -2.13. The van der Waals surface area contributed by atoms with Crippen molar-refractivity contribution in [1.29, 1.82) is 0 Å². The summed E-state index contributed by atoms with van der Waals surface area (Å²) in [5, 5.41) is 11.9. The molecule has 1 saturated carbocycles. The summed E-state index contributed by atoms with van der Waals surface area (Å²) in [4.78, 5) is 23.0. The number of aliphatic carboxylic acids is 1. The molecule has 0 bridgehead atoms. The van der Waals surface area contributed by atoms with E-state index in [1.165, 1.54) is 16.7 Å². The molecule has 0 saturated heterocycles. The van der Waals surface area contributed by atoms with E-state index < -0.39 is 12.0 Å². The van der Waals surface area contributed by atoms with Crippen molar-refractivity contribution in [2.75, 3.05) is 11.5 Å². The van der Waals surface area contributed by atoms with Crippen LogP contribution < -0.4 is 5.32 Å². The number of thioether (sulfide) groups is 1. The minimum atomic E-state index is -0.953. The van der Waals surface area contributed by atoms with Crippen molar-refractivity contribution >= 4 is 23.6 Å².